The highest BCUT2D eigenvalue weighted by atomic mass is 32.2. The predicted octanol–water partition coefficient (Wildman–Crippen LogP) is 1.55. The van der Waals surface area contributed by atoms with E-state index in [1.54, 1.807) is 19.2 Å². The van der Waals surface area contributed by atoms with Gasteiger partial charge >= 0.3 is 12.1 Å². The van der Waals surface area contributed by atoms with Crippen molar-refractivity contribution in [1.82, 2.24) is 9.62 Å². The zero-order chi connectivity index (χ0) is 20.1. The van der Waals surface area contributed by atoms with E-state index in [4.69, 9.17) is 0 Å². The lowest BCUT2D eigenvalue weighted by molar-refractivity contribution is -0.140. The Morgan fingerprint density at radius 1 is 1.27 bits per heavy atom. The van der Waals surface area contributed by atoms with Crippen molar-refractivity contribution in [2.45, 2.75) is 31.0 Å². The number of ether oxygens (including phenoxy) is 1. The van der Waals surface area contributed by atoms with E-state index in [0.717, 1.165) is 10.4 Å². The summed E-state index contributed by atoms with van der Waals surface area (Å²) in [6.07, 6.45) is -4.58. The molecule has 0 aliphatic heterocycles. The molecule has 0 bridgehead atoms. The van der Waals surface area contributed by atoms with Crippen molar-refractivity contribution in [3.05, 3.63) is 29.8 Å². The van der Waals surface area contributed by atoms with Crippen molar-refractivity contribution in [2.75, 3.05) is 20.2 Å². The van der Waals surface area contributed by atoms with E-state index in [-0.39, 0.29) is 16.5 Å². The minimum Gasteiger partial charge on any atom is -0.452 e. The summed E-state index contributed by atoms with van der Waals surface area (Å²) in [5.41, 5.74) is -0.146. The van der Waals surface area contributed by atoms with Crippen molar-refractivity contribution in [2.24, 2.45) is 0 Å². The maximum absolute atomic E-state index is 12.4. The molecular weight excluding hydrogens is 377 g/mol. The maximum atomic E-state index is 12.4. The van der Waals surface area contributed by atoms with Crippen LogP contribution in [-0.4, -0.2) is 57.0 Å². The van der Waals surface area contributed by atoms with Gasteiger partial charge in [-0.1, -0.05) is 6.07 Å². The van der Waals surface area contributed by atoms with E-state index in [2.05, 4.69) is 4.74 Å². The molecule has 0 fully saturated rings. The lowest BCUT2D eigenvalue weighted by atomic mass is 10.2. The first-order valence-electron chi connectivity index (χ1n) is 7.43. The number of benzene rings is 1. The smallest absolute Gasteiger partial charge is 0.405 e. The van der Waals surface area contributed by atoms with E-state index in [0.29, 0.717) is 0 Å². The Balaban J connectivity index is 2.79. The van der Waals surface area contributed by atoms with E-state index in [9.17, 15) is 31.2 Å². The number of carbonyl (C=O) groups is 2. The molecule has 0 saturated heterocycles. The largest absolute Gasteiger partial charge is 0.452 e. The van der Waals surface area contributed by atoms with E-state index in [1.165, 1.54) is 25.2 Å². The molecule has 7 nitrogen and oxygen atoms in total. The van der Waals surface area contributed by atoms with Gasteiger partial charge in [-0.25, -0.2) is 13.2 Å². The number of esters is 1. The first kappa shape index (κ1) is 21.9. The lowest BCUT2D eigenvalue weighted by Gasteiger charge is -2.21. The van der Waals surface area contributed by atoms with Crippen molar-refractivity contribution < 1.29 is 35.9 Å². The van der Waals surface area contributed by atoms with Crippen LogP contribution in [0, 0.1) is 0 Å². The number of sulfonamides is 1. The number of nitrogens with one attached hydrogen (secondary N) is 1. The number of hydrogen-bond acceptors (Lipinski definition) is 5. The third-order valence-corrected chi connectivity index (χ3v) is 5.32. The van der Waals surface area contributed by atoms with Gasteiger partial charge in [-0.05, 0) is 32.0 Å². The molecule has 0 unspecified atom stereocenters. The fourth-order valence-electron chi connectivity index (χ4n) is 1.69. The van der Waals surface area contributed by atoms with Gasteiger partial charge < -0.3 is 10.1 Å². The first-order valence-corrected chi connectivity index (χ1v) is 8.87. The van der Waals surface area contributed by atoms with Gasteiger partial charge in [-0.2, -0.15) is 17.5 Å². The lowest BCUT2D eigenvalue weighted by Crippen LogP contribution is -2.36. The van der Waals surface area contributed by atoms with Gasteiger partial charge in [0.1, 0.15) is 6.54 Å². The highest BCUT2D eigenvalue weighted by Gasteiger charge is 2.28. The fraction of sp³-hybridized carbons (Fsp3) is 0.467. The number of hydrogen-bond donors (Lipinski definition) is 1. The third kappa shape index (κ3) is 6.30. The Morgan fingerprint density at radius 2 is 1.88 bits per heavy atom. The number of rotatable bonds is 7. The standard InChI is InChI=1S/C15H19F3N2O5S/c1-10(2)20(3)26(23,24)12-6-4-5-11(7-12)14(22)25-8-13(21)19-9-15(16,17)18/h4-7,10H,8-9H2,1-3H3,(H,19,21). The van der Waals surface area contributed by atoms with Crippen molar-refractivity contribution in [1.29, 1.82) is 0 Å². The fourth-order valence-corrected chi connectivity index (χ4v) is 3.11. The summed E-state index contributed by atoms with van der Waals surface area (Å²) in [5, 5.41) is 1.55. The van der Waals surface area contributed by atoms with Gasteiger partial charge in [0.15, 0.2) is 6.61 Å². The molecule has 0 saturated carbocycles. The van der Waals surface area contributed by atoms with Crippen LogP contribution in [0.25, 0.3) is 0 Å². The Hall–Kier alpha value is -2.14. The molecule has 0 heterocycles. The topological polar surface area (TPSA) is 92.8 Å². The average Bonchev–Trinajstić information content (AvgIpc) is 2.56. The number of halogens is 3. The second-order valence-corrected chi connectivity index (χ2v) is 7.61. The minimum absolute atomic E-state index is 0.146. The van der Waals surface area contributed by atoms with Crippen LogP contribution in [0.15, 0.2) is 29.2 Å². The number of alkyl halides is 3. The van der Waals surface area contributed by atoms with Gasteiger partial charge in [0.25, 0.3) is 5.91 Å². The molecule has 1 aromatic rings. The Labute approximate surface area is 149 Å². The summed E-state index contributed by atoms with van der Waals surface area (Å²) in [6.45, 7) is 0.890. The molecule has 26 heavy (non-hydrogen) atoms. The quantitative estimate of drug-likeness (QED) is 0.706. The highest BCUT2D eigenvalue weighted by molar-refractivity contribution is 7.89. The van der Waals surface area contributed by atoms with Crippen LogP contribution in [0.2, 0.25) is 0 Å². The zero-order valence-electron chi connectivity index (χ0n) is 14.3. The maximum Gasteiger partial charge on any atom is 0.405 e. The first-order chi connectivity index (χ1) is 11.8. The van der Waals surface area contributed by atoms with E-state index in [1.807, 2.05) is 0 Å². The molecule has 0 radical (unpaired) electrons. The number of carbonyl (C=O) groups excluding carboxylic acids is 2. The van der Waals surface area contributed by atoms with Crippen molar-refractivity contribution >= 4 is 21.9 Å². The summed E-state index contributed by atoms with van der Waals surface area (Å²) < 4.78 is 66.4. The van der Waals surface area contributed by atoms with Crippen LogP contribution in [0.4, 0.5) is 13.2 Å². The monoisotopic (exact) mass is 396 g/mol. The highest BCUT2D eigenvalue weighted by Crippen LogP contribution is 2.18. The molecule has 0 aliphatic carbocycles. The van der Waals surface area contributed by atoms with Gasteiger partial charge in [-0.15, -0.1) is 0 Å². The van der Waals surface area contributed by atoms with Crippen molar-refractivity contribution in [3.63, 3.8) is 0 Å². The normalized spacial score (nSPS) is 12.3. The van der Waals surface area contributed by atoms with Crippen LogP contribution < -0.4 is 5.32 Å². The average molecular weight is 396 g/mol. The Morgan fingerprint density at radius 3 is 2.42 bits per heavy atom. The summed E-state index contributed by atoms with van der Waals surface area (Å²) >= 11 is 0. The van der Waals surface area contributed by atoms with Crippen LogP contribution >= 0.6 is 0 Å². The van der Waals surface area contributed by atoms with Gasteiger partial charge in [0, 0.05) is 13.1 Å². The van der Waals surface area contributed by atoms with E-state index >= 15 is 0 Å². The Bertz CT molecular complexity index is 763. The Kier molecular flexibility index (Phi) is 7.16. The molecule has 0 aliphatic rings. The van der Waals surface area contributed by atoms with E-state index < -0.39 is 41.2 Å². The molecule has 0 spiro atoms. The van der Waals surface area contributed by atoms with Gasteiger partial charge in [0.05, 0.1) is 10.5 Å². The second kappa shape index (κ2) is 8.49. The summed E-state index contributed by atoms with van der Waals surface area (Å²) in [6, 6.07) is 4.64. The van der Waals surface area contributed by atoms with Gasteiger partial charge in [-0.3, -0.25) is 4.79 Å². The molecule has 1 aromatic carbocycles. The molecule has 0 aromatic heterocycles. The zero-order valence-corrected chi connectivity index (χ0v) is 15.1. The summed E-state index contributed by atoms with van der Waals surface area (Å²) in [5.74, 6) is -2.16. The molecule has 11 heteroatoms. The predicted molar refractivity (Wildman–Crippen MR) is 85.9 cm³/mol. The SMILES string of the molecule is CC(C)N(C)S(=O)(=O)c1cccc(C(=O)OCC(=O)NCC(F)(F)F)c1. The third-order valence-electron chi connectivity index (χ3n) is 3.29. The molecule has 1 N–H and O–H groups in total. The van der Waals surface area contributed by atoms with Gasteiger partial charge in [0.2, 0.25) is 10.0 Å². The molecule has 0 atom stereocenters. The molecule has 1 rings (SSSR count). The van der Waals surface area contributed by atoms with Crippen LogP contribution in [0.5, 0.6) is 0 Å². The van der Waals surface area contributed by atoms with Crippen LogP contribution in [0.3, 0.4) is 0 Å². The van der Waals surface area contributed by atoms with Crippen molar-refractivity contribution in [3.8, 4) is 0 Å². The molecule has 146 valence electrons. The number of nitrogens with zero attached hydrogens (tertiary/aromatic N) is 1. The number of amides is 1. The summed E-state index contributed by atoms with van der Waals surface area (Å²) in [4.78, 5) is 23.0. The summed E-state index contributed by atoms with van der Waals surface area (Å²) in [7, 11) is -2.44. The second-order valence-electron chi connectivity index (χ2n) is 5.61. The van der Waals surface area contributed by atoms with Crippen LogP contribution in [0.1, 0.15) is 24.2 Å². The molecular formula is C15H19F3N2O5S. The minimum atomic E-state index is -4.58. The van der Waals surface area contributed by atoms with Crippen LogP contribution in [-0.2, 0) is 19.6 Å². The molecule has 1 amide bonds.